The Morgan fingerprint density at radius 3 is 2.35 bits per heavy atom. The molecular formula is C25H30N2O2S2. The van der Waals surface area contributed by atoms with Gasteiger partial charge >= 0.3 is 0 Å². The molecule has 2 heterocycles. The van der Waals surface area contributed by atoms with Gasteiger partial charge in [0.05, 0.1) is 12.4 Å². The van der Waals surface area contributed by atoms with Crippen molar-refractivity contribution >= 4 is 34.2 Å². The molecule has 4 nitrogen and oxygen atoms in total. The molecule has 1 aliphatic carbocycles. The predicted molar refractivity (Wildman–Crippen MR) is 132 cm³/mol. The highest BCUT2D eigenvalue weighted by molar-refractivity contribution is 8.24. The highest BCUT2D eigenvalue weighted by Gasteiger charge is 2.37. The van der Waals surface area contributed by atoms with E-state index < -0.39 is 0 Å². The second kappa shape index (κ2) is 7.89. The highest BCUT2D eigenvalue weighted by Crippen LogP contribution is 2.48. The third kappa shape index (κ3) is 4.12. The number of fused-ring (bicyclic) bond motifs is 1. The fraction of sp³-hybridized carbons (Fsp3) is 0.480. The van der Waals surface area contributed by atoms with Gasteiger partial charge in [0.1, 0.15) is 4.32 Å². The molecule has 6 heteroatoms. The molecule has 1 aliphatic heterocycles. The lowest BCUT2D eigenvalue weighted by Gasteiger charge is -2.42. The minimum atomic E-state index is -0.208. The Labute approximate surface area is 194 Å². The van der Waals surface area contributed by atoms with Crippen LogP contribution in [0.15, 0.2) is 24.4 Å². The van der Waals surface area contributed by atoms with Gasteiger partial charge in [0.15, 0.2) is 0 Å². The van der Waals surface area contributed by atoms with E-state index in [2.05, 4.69) is 63.1 Å². The Hall–Kier alpha value is -1.92. The molecule has 1 fully saturated rings. The summed E-state index contributed by atoms with van der Waals surface area (Å²) in [4.78, 5) is 16.7. The fourth-order valence-corrected chi connectivity index (χ4v) is 6.03. The number of rotatable bonds is 4. The molecule has 1 N–H and O–H groups in total. The molecule has 1 atom stereocenters. The number of nitrogens with one attached hydrogen (secondary N) is 1. The van der Waals surface area contributed by atoms with E-state index in [9.17, 15) is 4.79 Å². The normalized spacial score (nSPS) is 21.5. The van der Waals surface area contributed by atoms with Crippen LogP contribution in [0.4, 0.5) is 0 Å². The van der Waals surface area contributed by atoms with Crippen LogP contribution in [0.2, 0.25) is 0 Å². The number of benzene rings is 1. The van der Waals surface area contributed by atoms with Crippen molar-refractivity contribution < 1.29 is 9.53 Å². The summed E-state index contributed by atoms with van der Waals surface area (Å²) < 4.78 is 6.19. The minimum absolute atomic E-state index is 0.0266. The zero-order valence-corrected chi connectivity index (χ0v) is 20.7. The molecule has 1 unspecified atom stereocenters. The molecular weight excluding hydrogens is 424 g/mol. The van der Waals surface area contributed by atoms with Crippen molar-refractivity contribution in [2.75, 3.05) is 7.11 Å². The number of methoxy groups -OCH3 is 1. The number of pyridine rings is 1. The predicted octanol–water partition coefficient (Wildman–Crippen LogP) is 5.47. The molecule has 2 aliphatic rings. The van der Waals surface area contributed by atoms with Gasteiger partial charge in [-0.2, -0.15) is 0 Å². The third-order valence-corrected chi connectivity index (χ3v) is 8.15. The molecule has 31 heavy (non-hydrogen) atoms. The van der Waals surface area contributed by atoms with Crippen LogP contribution in [0.1, 0.15) is 62.8 Å². The van der Waals surface area contributed by atoms with Gasteiger partial charge < -0.3 is 10.1 Å². The molecule has 164 valence electrons. The Morgan fingerprint density at radius 1 is 1.13 bits per heavy atom. The standard InChI is InChI=1S/C25H30N2O2S2/c1-14-9-18-19(25(4,5)8-7-24(18,2)3)12-16(14)17-10-15(13-26-22(17)29-6)11-20-21(28)27-23(30)31-20/h9-10,12-13,20H,7-8,11H2,1-6H3,(H,27,28,30). The maximum atomic E-state index is 12.1. The first-order valence-corrected chi connectivity index (χ1v) is 12.0. The summed E-state index contributed by atoms with van der Waals surface area (Å²) in [6, 6.07) is 6.83. The summed E-state index contributed by atoms with van der Waals surface area (Å²) in [5.41, 5.74) is 7.50. The molecule has 0 spiro atoms. The average molecular weight is 455 g/mol. The highest BCUT2D eigenvalue weighted by atomic mass is 32.2. The van der Waals surface area contributed by atoms with E-state index in [1.165, 1.54) is 41.3 Å². The molecule has 0 saturated carbocycles. The van der Waals surface area contributed by atoms with Crippen LogP contribution in [0, 0.1) is 6.92 Å². The third-order valence-electron chi connectivity index (χ3n) is 6.78. The van der Waals surface area contributed by atoms with Crippen molar-refractivity contribution in [3.05, 3.63) is 46.6 Å². The van der Waals surface area contributed by atoms with Gasteiger partial charge in [-0.1, -0.05) is 57.7 Å². The molecule has 1 saturated heterocycles. The van der Waals surface area contributed by atoms with Crippen molar-refractivity contribution in [2.45, 2.75) is 70.0 Å². The number of thiocarbonyl (C=S) groups is 1. The van der Waals surface area contributed by atoms with Crippen LogP contribution in [-0.2, 0) is 22.0 Å². The Morgan fingerprint density at radius 2 is 1.77 bits per heavy atom. The average Bonchev–Trinajstić information content (AvgIpc) is 3.02. The quantitative estimate of drug-likeness (QED) is 0.621. The molecule has 1 amide bonds. The molecule has 0 radical (unpaired) electrons. The summed E-state index contributed by atoms with van der Waals surface area (Å²) >= 11 is 6.55. The fourth-order valence-electron chi connectivity index (χ4n) is 4.72. The number of carbonyl (C=O) groups excluding carboxylic acids is 1. The van der Waals surface area contributed by atoms with Crippen LogP contribution in [-0.4, -0.2) is 27.6 Å². The molecule has 1 aromatic carbocycles. The smallest absolute Gasteiger partial charge is 0.239 e. The van der Waals surface area contributed by atoms with Crippen molar-refractivity contribution in [2.24, 2.45) is 0 Å². The molecule has 4 rings (SSSR count). The summed E-state index contributed by atoms with van der Waals surface area (Å²) in [6.45, 7) is 11.5. The Kier molecular flexibility index (Phi) is 5.67. The van der Waals surface area contributed by atoms with Crippen LogP contribution in [0.25, 0.3) is 11.1 Å². The number of aryl methyl sites for hydroxylation is 1. The van der Waals surface area contributed by atoms with Crippen molar-refractivity contribution in [1.82, 2.24) is 10.3 Å². The van der Waals surface area contributed by atoms with Crippen molar-refractivity contribution in [3.8, 4) is 17.0 Å². The second-order valence-corrected chi connectivity index (χ2v) is 11.8. The number of hydrogen-bond acceptors (Lipinski definition) is 5. The van der Waals surface area contributed by atoms with Gasteiger partial charge in [0, 0.05) is 11.8 Å². The van der Waals surface area contributed by atoms with Gasteiger partial charge in [-0.05, 0) is 77.0 Å². The maximum absolute atomic E-state index is 12.1. The van der Waals surface area contributed by atoms with E-state index in [0.29, 0.717) is 16.6 Å². The van der Waals surface area contributed by atoms with Crippen LogP contribution < -0.4 is 10.1 Å². The monoisotopic (exact) mass is 454 g/mol. The number of nitrogens with zero attached hydrogens (tertiary/aromatic N) is 1. The molecule has 1 aromatic heterocycles. The van der Waals surface area contributed by atoms with E-state index >= 15 is 0 Å². The minimum Gasteiger partial charge on any atom is -0.481 e. The van der Waals surface area contributed by atoms with Crippen LogP contribution >= 0.6 is 24.0 Å². The zero-order chi connectivity index (χ0) is 22.6. The van der Waals surface area contributed by atoms with E-state index in [-0.39, 0.29) is 22.0 Å². The Balaban J connectivity index is 1.80. The van der Waals surface area contributed by atoms with Gasteiger partial charge in [-0.25, -0.2) is 4.98 Å². The lowest BCUT2D eigenvalue weighted by Crippen LogP contribution is -2.34. The topological polar surface area (TPSA) is 51.2 Å². The van der Waals surface area contributed by atoms with Crippen molar-refractivity contribution in [3.63, 3.8) is 0 Å². The summed E-state index contributed by atoms with van der Waals surface area (Å²) in [5.74, 6) is 0.583. The van der Waals surface area contributed by atoms with Gasteiger partial charge in [-0.3, -0.25) is 4.79 Å². The number of carbonyl (C=O) groups is 1. The number of thioether (sulfide) groups is 1. The first kappa shape index (κ1) is 22.3. The van der Waals surface area contributed by atoms with E-state index in [1.54, 1.807) is 13.3 Å². The first-order chi connectivity index (χ1) is 14.5. The number of amides is 1. The summed E-state index contributed by atoms with van der Waals surface area (Å²) in [5, 5.41) is 2.52. The lowest BCUT2D eigenvalue weighted by atomic mass is 9.62. The summed E-state index contributed by atoms with van der Waals surface area (Å²) in [6.07, 6.45) is 4.75. The van der Waals surface area contributed by atoms with Gasteiger partial charge in [-0.15, -0.1) is 0 Å². The van der Waals surface area contributed by atoms with Gasteiger partial charge in [0.25, 0.3) is 0 Å². The zero-order valence-electron chi connectivity index (χ0n) is 19.1. The van der Waals surface area contributed by atoms with Gasteiger partial charge in [0.2, 0.25) is 11.8 Å². The SMILES string of the molecule is COc1ncc(CC2SC(=S)NC2=O)cc1-c1cc2c(cc1C)C(C)(C)CCC2(C)C. The lowest BCUT2D eigenvalue weighted by molar-refractivity contribution is -0.118. The van der Waals surface area contributed by atoms with Crippen molar-refractivity contribution in [1.29, 1.82) is 0 Å². The Bertz CT molecular complexity index is 1080. The largest absolute Gasteiger partial charge is 0.481 e. The van der Waals surface area contributed by atoms with E-state index in [0.717, 1.165) is 16.7 Å². The maximum Gasteiger partial charge on any atom is 0.239 e. The molecule has 2 aromatic rings. The number of hydrogen-bond donors (Lipinski definition) is 1. The molecule has 0 bridgehead atoms. The van der Waals surface area contributed by atoms with E-state index in [4.69, 9.17) is 17.0 Å². The van der Waals surface area contributed by atoms with Crippen LogP contribution in [0.5, 0.6) is 5.88 Å². The van der Waals surface area contributed by atoms with Crippen LogP contribution in [0.3, 0.4) is 0 Å². The number of ether oxygens (including phenoxy) is 1. The number of aromatic nitrogens is 1. The first-order valence-electron chi connectivity index (χ1n) is 10.7. The van der Waals surface area contributed by atoms with E-state index in [1.807, 2.05) is 0 Å². The second-order valence-electron chi connectivity index (χ2n) is 9.97. The summed E-state index contributed by atoms with van der Waals surface area (Å²) in [7, 11) is 1.66.